The number of rotatable bonds is 3. The van der Waals surface area contributed by atoms with E-state index in [1.165, 1.54) is 31.0 Å². The van der Waals surface area contributed by atoms with E-state index in [4.69, 9.17) is 11.6 Å². The summed E-state index contributed by atoms with van der Waals surface area (Å²) in [6.45, 7) is 0. The number of aromatic amines is 1. The molecule has 27 heavy (non-hydrogen) atoms. The fraction of sp³-hybridized carbons (Fsp3) is 0.250. The van der Waals surface area contributed by atoms with Crippen LogP contribution in [0.3, 0.4) is 0 Å². The smallest absolute Gasteiger partial charge is 0.339 e. The number of halogens is 1. The molecule has 0 spiro atoms. The lowest BCUT2D eigenvalue weighted by Crippen LogP contribution is -2.31. The van der Waals surface area contributed by atoms with Gasteiger partial charge in [0, 0.05) is 27.8 Å². The Labute approximate surface area is 160 Å². The zero-order valence-corrected chi connectivity index (χ0v) is 15.5. The number of amides is 1. The van der Waals surface area contributed by atoms with Crippen LogP contribution in [-0.2, 0) is 11.2 Å². The van der Waals surface area contributed by atoms with E-state index in [0.717, 1.165) is 35.9 Å². The van der Waals surface area contributed by atoms with Gasteiger partial charge in [-0.25, -0.2) is 4.79 Å². The van der Waals surface area contributed by atoms with E-state index in [1.54, 1.807) is 0 Å². The molecule has 1 aliphatic rings. The highest BCUT2D eigenvalue weighted by Gasteiger charge is 2.26. The third-order valence-electron chi connectivity index (χ3n) is 4.89. The number of hydrogen-bond donors (Lipinski definition) is 2. The topological polar surface area (TPSA) is 84.1 Å². The largest absolute Gasteiger partial charge is 0.465 e. The molecular formula is C20H18ClN3O3. The highest BCUT2D eigenvalue weighted by atomic mass is 35.5. The van der Waals surface area contributed by atoms with Crippen molar-refractivity contribution < 1.29 is 14.3 Å². The summed E-state index contributed by atoms with van der Waals surface area (Å²) in [7, 11) is 1.30. The van der Waals surface area contributed by atoms with Gasteiger partial charge in [-0.05, 0) is 55.2 Å². The monoisotopic (exact) mass is 383 g/mol. The maximum absolute atomic E-state index is 12.6. The lowest BCUT2D eigenvalue weighted by molar-refractivity contribution is 0.0599. The number of fused-ring (bicyclic) bond motifs is 3. The van der Waals surface area contributed by atoms with Crippen molar-refractivity contribution in [3.8, 4) is 0 Å². The van der Waals surface area contributed by atoms with E-state index in [0.29, 0.717) is 10.6 Å². The van der Waals surface area contributed by atoms with Crippen molar-refractivity contribution in [1.29, 1.82) is 0 Å². The molecule has 0 saturated heterocycles. The number of esters is 1. The van der Waals surface area contributed by atoms with Gasteiger partial charge in [0.1, 0.15) is 5.69 Å². The number of methoxy groups -OCH3 is 1. The minimum Gasteiger partial charge on any atom is -0.465 e. The van der Waals surface area contributed by atoms with Crippen molar-refractivity contribution in [3.05, 3.63) is 64.1 Å². The summed E-state index contributed by atoms with van der Waals surface area (Å²) in [5.74, 6) is -0.760. The minimum atomic E-state index is -0.483. The van der Waals surface area contributed by atoms with E-state index >= 15 is 0 Å². The lowest BCUT2D eigenvalue weighted by atomic mass is 9.91. The molecule has 138 valence electrons. The summed E-state index contributed by atoms with van der Waals surface area (Å²) >= 11 is 6.14. The van der Waals surface area contributed by atoms with Gasteiger partial charge >= 0.3 is 5.97 Å². The molecule has 1 amide bonds. The van der Waals surface area contributed by atoms with Gasteiger partial charge in [0.25, 0.3) is 5.91 Å². The first-order valence-electron chi connectivity index (χ1n) is 8.72. The summed E-state index contributed by atoms with van der Waals surface area (Å²) in [5, 5.41) is 4.86. The van der Waals surface area contributed by atoms with Crippen LogP contribution in [0.5, 0.6) is 0 Å². The average molecular weight is 384 g/mol. The Balaban J connectivity index is 1.58. The molecule has 1 aliphatic carbocycles. The number of nitrogens with one attached hydrogen (secondary N) is 2. The Morgan fingerprint density at radius 1 is 1.30 bits per heavy atom. The number of aromatic nitrogens is 2. The van der Waals surface area contributed by atoms with E-state index in [-0.39, 0.29) is 17.6 Å². The Bertz CT molecular complexity index is 1030. The number of carbonyl (C=O) groups excluding carboxylic acids is 2. The summed E-state index contributed by atoms with van der Waals surface area (Å²) in [6, 6.07) is 8.72. The minimum absolute atomic E-state index is 0.116. The first-order valence-corrected chi connectivity index (χ1v) is 9.10. The maximum Gasteiger partial charge on any atom is 0.339 e. The molecule has 0 bridgehead atoms. The van der Waals surface area contributed by atoms with Crippen molar-refractivity contribution in [2.24, 2.45) is 0 Å². The van der Waals surface area contributed by atoms with Crippen LogP contribution in [0, 0.1) is 0 Å². The van der Waals surface area contributed by atoms with E-state index in [9.17, 15) is 9.59 Å². The molecule has 0 saturated carbocycles. The number of hydrogen-bond acceptors (Lipinski definition) is 4. The third kappa shape index (κ3) is 3.28. The molecule has 6 nitrogen and oxygen atoms in total. The summed E-state index contributed by atoms with van der Waals surface area (Å²) < 4.78 is 4.64. The molecular weight excluding hydrogens is 366 g/mol. The van der Waals surface area contributed by atoms with Crippen molar-refractivity contribution in [2.75, 3.05) is 7.11 Å². The molecule has 7 heteroatoms. The van der Waals surface area contributed by atoms with Crippen LogP contribution in [0.2, 0.25) is 5.02 Å². The maximum atomic E-state index is 12.6. The van der Waals surface area contributed by atoms with Crippen LogP contribution in [0.25, 0.3) is 10.9 Å². The molecule has 1 atom stereocenters. The number of carbonyl (C=O) groups is 2. The zero-order chi connectivity index (χ0) is 19.0. The molecule has 3 aromatic rings. The number of pyridine rings is 1. The average Bonchev–Trinajstić information content (AvgIpc) is 3.06. The number of aryl methyl sites for hydroxylation is 1. The van der Waals surface area contributed by atoms with Gasteiger partial charge in [0.05, 0.1) is 18.7 Å². The quantitative estimate of drug-likeness (QED) is 0.673. The Morgan fingerprint density at radius 2 is 2.15 bits per heavy atom. The van der Waals surface area contributed by atoms with Crippen molar-refractivity contribution in [3.63, 3.8) is 0 Å². The molecule has 2 heterocycles. The Hall–Kier alpha value is -2.86. The third-order valence-corrected chi connectivity index (χ3v) is 5.13. The predicted octanol–water partition coefficient (Wildman–Crippen LogP) is 3.81. The predicted molar refractivity (Wildman–Crippen MR) is 102 cm³/mol. The van der Waals surface area contributed by atoms with Crippen LogP contribution in [-0.4, -0.2) is 29.0 Å². The second kappa shape index (κ2) is 7.04. The van der Waals surface area contributed by atoms with Gasteiger partial charge < -0.3 is 15.0 Å². The van der Waals surface area contributed by atoms with E-state index in [2.05, 4.69) is 20.0 Å². The van der Waals surface area contributed by atoms with E-state index < -0.39 is 5.97 Å². The second-order valence-electron chi connectivity index (χ2n) is 6.55. The normalized spacial score (nSPS) is 16.0. The fourth-order valence-electron chi connectivity index (χ4n) is 3.58. The highest BCUT2D eigenvalue weighted by molar-refractivity contribution is 6.31. The first kappa shape index (κ1) is 17.5. The fourth-order valence-corrected chi connectivity index (χ4v) is 3.75. The molecule has 0 radical (unpaired) electrons. The van der Waals surface area contributed by atoms with Crippen LogP contribution in [0.1, 0.15) is 51.0 Å². The molecule has 4 rings (SSSR count). The van der Waals surface area contributed by atoms with Crippen LogP contribution >= 0.6 is 11.6 Å². The van der Waals surface area contributed by atoms with Gasteiger partial charge in [0.2, 0.25) is 0 Å². The van der Waals surface area contributed by atoms with Crippen molar-refractivity contribution in [2.45, 2.75) is 25.3 Å². The van der Waals surface area contributed by atoms with Crippen molar-refractivity contribution in [1.82, 2.24) is 15.3 Å². The standard InChI is InChI=1S/C20H18ClN3O3/c1-27-20(26)11-5-7-17(22-10-11)19(25)24-16-4-2-3-13-14-9-12(21)6-8-15(14)23-18(13)16/h5-10,16,23H,2-4H2,1H3,(H,24,25). The van der Waals surface area contributed by atoms with E-state index in [1.807, 2.05) is 18.2 Å². The number of nitrogens with zero attached hydrogens (tertiary/aromatic N) is 1. The summed E-state index contributed by atoms with van der Waals surface area (Å²) in [6.07, 6.45) is 4.12. The molecule has 0 aliphatic heterocycles. The molecule has 0 fully saturated rings. The Kier molecular flexibility index (Phi) is 4.58. The number of ether oxygens (including phenoxy) is 1. The first-order chi connectivity index (χ1) is 13.1. The number of H-pyrrole nitrogens is 1. The van der Waals surface area contributed by atoms with Crippen LogP contribution < -0.4 is 5.32 Å². The number of benzene rings is 1. The van der Waals surface area contributed by atoms with Crippen molar-refractivity contribution >= 4 is 34.4 Å². The summed E-state index contributed by atoms with van der Waals surface area (Å²) in [4.78, 5) is 31.6. The van der Waals surface area contributed by atoms with Crippen LogP contribution in [0.4, 0.5) is 0 Å². The molecule has 1 aromatic carbocycles. The lowest BCUT2D eigenvalue weighted by Gasteiger charge is -2.23. The molecule has 2 N–H and O–H groups in total. The zero-order valence-electron chi connectivity index (χ0n) is 14.7. The SMILES string of the molecule is COC(=O)c1ccc(C(=O)NC2CCCc3c2[nH]c2ccc(Cl)cc32)nc1. The highest BCUT2D eigenvalue weighted by Crippen LogP contribution is 2.35. The van der Waals surface area contributed by atoms with Gasteiger partial charge in [0.15, 0.2) is 0 Å². The van der Waals surface area contributed by atoms with Gasteiger partial charge in [-0.15, -0.1) is 0 Å². The van der Waals surface area contributed by atoms with Crippen LogP contribution in [0.15, 0.2) is 36.5 Å². The second-order valence-corrected chi connectivity index (χ2v) is 6.99. The molecule has 1 unspecified atom stereocenters. The summed E-state index contributed by atoms with van der Waals surface area (Å²) in [5.41, 5.74) is 3.82. The van der Waals surface area contributed by atoms with Gasteiger partial charge in [-0.3, -0.25) is 9.78 Å². The Morgan fingerprint density at radius 3 is 2.89 bits per heavy atom. The molecule has 2 aromatic heterocycles. The van der Waals surface area contributed by atoms with Gasteiger partial charge in [-0.1, -0.05) is 11.6 Å². The van der Waals surface area contributed by atoms with Gasteiger partial charge in [-0.2, -0.15) is 0 Å².